The van der Waals surface area contributed by atoms with Crippen molar-refractivity contribution in [3.63, 3.8) is 0 Å². The Hall–Kier alpha value is -1.94. The van der Waals surface area contributed by atoms with Crippen LogP contribution in [0.15, 0.2) is 54.6 Å². The van der Waals surface area contributed by atoms with Gasteiger partial charge in [0, 0.05) is 18.7 Å². The van der Waals surface area contributed by atoms with Gasteiger partial charge in [0.05, 0.1) is 0 Å². The van der Waals surface area contributed by atoms with E-state index in [0.717, 1.165) is 42.2 Å². The Kier molecular flexibility index (Phi) is 5.81. The molecule has 0 N–H and O–H groups in total. The SMILES string of the molecule is CCCCC(=O)N1CCS[C@@H]1c1cccc(Oc2ccccc2)c1. The number of hydrogen-bond acceptors (Lipinski definition) is 3. The van der Waals surface area contributed by atoms with Crippen LogP contribution in [0.3, 0.4) is 0 Å². The first-order valence-corrected chi connectivity index (χ1v) is 9.56. The molecule has 2 aromatic carbocycles. The van der Waals surface area contributed by atoms with Gasteiger partial charge in [0.1, 0.15) is 16.9 Å². The van der Waals surface area contributed by atoms with Crippen molar-refractivity contribution in [2.75, 3.05) is 12.3 Å². The number of benzene rings is 2. The van der Waals surface area contributed by atoms with E-state index in [1.54, 1.807) is 0 Å². The van der Waals surface area contributed by atoms with Gasteiger partial charge < -0.3 is 9.64 Å². The van der Waals surface area contributed by atoms with Gasteiger partial charge in [-0.2, -0.15) is 0 Å². The van der Waals surface area contributed by atoms with Crippen LogP contribution >= 0.6 is 11.8 Å². The van der Waals surface area contributed by atoms with E-state index in [1.165, 1.54) is 0 Å². The van der Waals surface area contributed by atoms with Gasteiger partial charge in [0.25, 0.3) is 0 Å². The van der Waals surface area contributed by atoms with Crippen LogP contribution in [-0.4, -0.2) is 23.1 Å². The Bertz CT molecular complexity index is 674. The average molecular weight is 341 g/mol. The second-order valence-electron chi connectivity index (χ2n) is 5.90. The number of para-hydroxylation sites is 1. The minimum absolute atomic E-state index is 0.105. The minimum Gasteiger partial charge on any atom is -0.457 e. The smallest absolute Gasteiger partial charge is 0.223 e. The van der Waals surface area contributed by atoms with E-state index in [-0.39, 0.29) is 11.3 Å². The van der Waals surface area contributed by atoms with Crippen LogP contribution in [0.25, 0.3) is 0 Å². The van der Waals surface area contributed by atoms with E-state index in [4.69, 9.17) is 4.74 Å². The van der Waals surface area contributed by atoms with Gasteiger partial charge in [0.15, 0.2) is 0 Å². The van der Waals surface area contributed by atoms with Crippen LogP contribution in [0.4, 0.5) is 0 Å². The van der Waals surface area contributed by atoms with Gasteiger partial charge in [-0.1, -0.05) is 43.7 Å². The fraction of sp³-hybridized carbons (Fsp3) is 0.350. The number of ether oxygens (including phenoxy) is 1. The summed E-state index contributed by atoms with van der Waals surface area (Å²) in [5, 5.41) is 0.105. The molecule has 0 spiro atoms. The molecule has 1 atom stereocenters. The molecule has 4 heteroatoms. The van der Waals surface area contributed by atoms with Gasteiger partial charge in [0.2, 0.25) is 5.91 Å². The van der Waals surface area contributed by atoms with Crippen LogP contribution in [0.5, 0.6) is 11.5 Å². The lowest BCUT2D eigenvalue weighted by Crippen LogP contribution is -2.30. The summed E-state index contributed by atoms with van der Waals surface area (Å²) in [6.07, 6.45) is 2.66. The molecule has 0 radical (unpaired) electrons. The number of hydrogen-bond donors (Lipinski definition) is 0. The molecular formula is C20H23NO2S. The van der Waals surface area contributed by atoms with Gasteiger partial charge in [-0.05, 0) is 36.2 Å². The minimum atomic E-state index is 0.105. The second kappa shape index (κ2) is 8.25. The number of carbonyl (C=O) groups excluding carboxylic acids is 1. The second-order valence-corrected chi connectivity index (χ2v) is 7.09. The first kappa shape index (κ1) is 16.9. The van der Waals surface area contributed by atoms with Crippen LogP contribution < -0.4 is 4.74 Å². The maximum atomic E-state index is 12.4. The first-order chi connectivity index (χ1) is 11.8. The van der Waals surface area contributed by atoms with Crippen LogP contribution in [-0.2, 0) is 4.79 Å². The highest BCUT2D eigenvalue weighted by Gasteiger charge is 2.30. The molecule has 1 aliphatic heterocycles. The third kappa shape index (κ3) is 4.12. The Morgan fingerprint density at radius 1 is 1.17 bits per heavy atom. The molecule has 0 aromatic heterocycles. The predicted octanol–water partition coefficient (Wildman–Crippen LogP) is 5.24. The molecule has 0 aliphatic carbocycles. The van der Waals surface area contributed by atoms with Crippen molar-refractivity contribution in [1.82, 2.24) is 4.90 Å². The molecule has 3 rings (SSSR count). The molecule has 1 heterocycles. The fourth-order valence-corrected chi connectivity index (χ4v) is 4.10. The summed E-state index contributed by atoms with van der Waals surface area (Å²) in [6, 6.07) is 17.9. The number of rotatable bonds is 6. The molecule has 3 nitrogen and oxygen atoms in total. The molecule has 0 unspecified atom stereocenters. The van der Waals surface area contributed by atoms with E-state index < -0.39 is 0 Å². The molecule has 0 bridgehead atoms. The Labute approximate surface area is 148 Å². The zero-order valence-corrected chi connectivity index (χ0v) is 14.8. The molecule has 0 saturated carbocycles. The Balaban J connectivity index is 1.74. The lowest BCUT2D eigenvalue weighted by molar-refractivity contribution is -0.131. The molecular weight excluding hydrogens is 318 g/mol. The van der Waals surface area contributed by atoms with Gasteiger partial charge in [-0.3, -0.25) is 4.79 Å². The first-order valence-electron chi connectivity index (χ1n) is 8.52. The van der Waals surface area contributed by atoms with Crippen LogP contribution in [0, 0.1) is 0 Å². The molecule has 1 saturated heterocycles. The Morgan fingerprint density at radius 3 is 2.75 bits per heavy atom. The van der Waals surface area contributed by atoms with E-state index >= 15 is 0 Å². The van der Waals surface area contributed by atoms with Crippen molar-refractivity contribution in [3.05, 3.63) is 60.2 Å². The normalized spacial score (nSPS) is 17.0. The Morgan fingerprint density at radius 2 is 1.96 bits per heavy atom. The molecule has 24 heavy (non-hydrogen) atoms. The van der Waals surface area contributed by atoms with Crippen molar-refractivity contribution in [2.45, 2.75) is 31.6 Å². The quantitative estimate of drug-likeness (QED) is 0.719. The van der Waals surface area contributed by atoms with E-state index in [9.17, 15) is 4.79 Å². The van der Waals surface area contributed by atoms with Crippen molar-refractivity contribution in [2.24, 2.45) is 0 Å². The zero-order chi connectivity index (χ0) is 16.8. The highest BCUT2D eigenvalue weighted by molar-refractivity contribution is 7.99. The monoisotopic (exact) mass is 341 g/mol. The summed E-state index contributed by atoms with van der Waals surface area (Å²) in [4.78, 5) is 14.5. The summed E-state index contributed by atoms with van der Waals surface area (Å²) in [6.45, 7) is 2.95. The van der Waals surface area contributed by atoms with E-state index in [1.807, 2.05) is 59.1 Å². The summed E-state index contributed by atoms with van der Waals surface area (Å²) < 4.78 is 5.93. The average Bonchev–Trinajstić information content (AvgIpc) is 3.11. The lowest BCUT2D eigenvalue weighted by Gasteiger charge is -2.24. The van der Waals surface area contributed by atoms with E-state index in [2.05, 4.69) is 19.1 Å². The lowest BCUT2D eigenvalue weighted by atomic mass is 10.1. The number of unbranched alkanes of at least 4 members (excludes halogenated alkanes) is 1. The summed E-state index contributed by atoms with van der Waals surface area (Å²) in [7, 11) is 0. The highest BCUT2D eigenvalue weighted by Crippen LogP contribution is 2.39. The zero-order valence-electron chi connectivity index (χ0n) is 14.0. The van der Waals surface area contributed by atoms with Gasteiger partial charge in [-0.25, -0.2) is 0 Å². The molecule has 1 amide bonds. The molecule has 2 aromatic rings. The predicted molar refractivity (Wildman–Crippen MR) is 99.4 cm³/mol. The molecule has 1 aliphatic rings. The number of nitrogens with zero attached hydrogens (tertiary/aromatic N) is 1. The largest absolute Gasteiger partial charge is 0.457 e. The van der Waals surface area contributed by atoms with Gasteiger partial charge >= 0.3 is 0 Å². The van der Waals surface area contributed by atoms with Crippen molar-refractivity contribution < 1.29 is 9.53 Å². The maximum Gasteiger partial charge on any atom is 0.223 e. The summed E-state index contributed by atoms with van der Waals surface area (Å²) in [5.41, 5.74) is 1.13. The number of carbonyl (C=O) groups is 1. The number of amides is 1. The number of thioether (sulfide) groups is 1. The summed E-state index contributed by atoms with van der Waals surface area (Å²) in [5.74, 6) is 2.89. The van der Waals surface area contributed by atoms with Crippen molar-refractivity contribution >= 4 is 17.7 Å². The van der Waals surface area contributed by atoms with Crippen LogP contribution in [0.2, 0.25) is 0 Å². The molecule has 126 valence electrons. The fourth-order valence-electron chi connectivity index (χ4n) is 2.83. The maximum absolute atomic E-state index is 12.4. The van der Waals surface area contributed by atoms with E-state index in [0.29, 0.717) is 6.42 Å². The van der Waals surface area contributed by atoms with Gasteiger partial charge in [-0.15, -0.1) is 11.8 Å². The standard InChI is InChI=1S/C20H23NO2S/c1-2-3-12-19(22)21-13-14-24-20(21)16-8-7-11-18(15-16)23-17-9-5-4-6-10-17/h4-11,15,20H,2-3,12-14H2,1H3/t20-/m1/s1. The van der Waals surface area contributed by atoms with Crippen molar-refractivity contribution in [3.8, 4) is 11.5 Å². The summed E-state index contributed by atoms with van der Waals surface area (Å²) >= 11 is 1.83. The third-order valence-electron chi connectivity index (χ3n) is 4.08. The molecule has 1 fully saturated rings. The third-order valence-corrected chi connectivity index (χ3v) is 5.34. The topological polar surface area (TPSA) is 29.5 Å². The van der Waals surface area contributed by atoms with Crippen LogP contribution in [0.1, 0.15) is 37.1 Å². The van der Waals surface area contributed by atoms with Crippen molar-refractivity contribution in [1.29, 1.82) is 0 Å². The highest BCUT2D eigenvalue weighted by atomic mass is 32.2.